The maximum Gasteiger partial charge on any atom is 0.220 e. The van der Waals surface area contributed by atoms with Crippen LogP contribution >= 0.6 is 0 Å². The highest BCUT2D eigenvalue weighted by Crippen LogP contribution is 2.14. The zero-order chi connectivity index (χ0) is 27.9. The van der Waals surface area contributed by atoms with Gasteiger partial charge in [0.2, 0.25) is 5.91 Å². The summed E-state index contributed by atoms with van der Waals surface area (Å²) in [6.07, 6.45) is 35.4. The molecule has 0 aliphatic heterocycles. The number of nitrogens with one attached hydrogen (secondary N) is 1. The monoisotopic (exact) mass is 538 g/mol. The quantitative estimate of drug-likeness (QED) is 0.0631. The van der Waals surface area contributed by atoms with Crippen LogP contribution in [-0.4, -0.2) is 34.9 Å². The standard InChI is InChI=1S/C34H67NO3/c1-3-5-7-9-11-13-15-16-17-18-20-22-24-26-28-30-34(38)35-32(31-36)33(37)29-27-25-23-21-19-14-12-10-8-6-4-2/h13,15,32-33,36-37H,3-12,14,16-31H2,1-2H3,(H,35,38)/b15-13-. The number of allylic oxidation sites excluding steroid dienone is 2. The molecule has 0 aliphatic carbocycles. The van der Waals surface area contributed by atoms with E-state index in [9.17, 15) is 15.0 Å². The van der Waals surface area contributed by atoms with Crippen molar-refractivity contribution in [2.24, 2.45) is 0 Å². The molecule has 38 heavy (non-hydrogen) atoms. The lowest BCUT2D eigenvalue weighted by molar-refractivity contribution is -0.123. The lowest BCUT2D eigenvalue weighted by Gasteiger charge is -2.22. The Morgan fingerprint density at radius 3 is 1.47 bits per heavy atom. The van der Waals surface area contributed by atoms with Crippen LogP contribution in [0.3, 0.4) is 0 Å². The summed E-state index contributed by atoms with van der Waals surface area (Å²) in [4.78, 5) is 12.3. The molecule has 0 aliphatic rings. The summed E-state index contributed by atoms with van der Waals surface area (Å²) in [6, 6.07) is -0.531. The van der Waals surface area contributed by atoms with Crippen molar-refractivity contribution in [1.82, 2.24) is 5.32 Å². The second kappa shape index (κ2) is 30.7. The minimum Gasteiger partial charge on any atom is -0.394 e. The number of unbranched alkanes of at least 4 members (excludes halogenated alkanes) is 21. The van der Waals surface area contributed by atoms with Crippen molar-refractivity contribution in [3.63, 3.8) is 0 Å². The molecule has 4 nitrogen and oxygen atoms in total. The van der Waals surface area contributed by atoms with E-state index in [1.54, 1.807) is 0 Å². The van der Waals surface area contributed by atoms with E-state index < -0.39 is 12.1 Å². The van der Waals surface area contributed by atoms with E-state index in [0.29, 0.717) is 12.8 Å². The van der Waals surface area contributed by atoms with E-state index in [0.717, 1.165) is 25.7 Å². The molecule has 4 heteroatoms. The number of carbonyl (C=O) groups is 1. The van der Waals surface area contributed by atoms with E-state index in [2.05, 4.69) is 31.3 Å². The zero-order valence-electron chi connectivity index (χ0n) is 25.7. The smallest absolute Gasteiger partial charge is 0.220 e. The highest BCUT2D eigenvalue weighted by atomic mass is 16.3. The van der Waals surface area contributed by atoms with Crippen molar-refractivity contribution < 1.29 is 15.0 Å². The fourth-order valence-corrected chi connectivity index (χ4v) is 5.12. The largest absolute Gasteiger partial charge is 0.394 e. The van der Waals surface area contributed by atoms with E-state index in [1.807, 2.05) is 0 Å². The summed E-state index contributed by atoms with van der Waals surface area (Å²) in [7, 11) is 0. The van der Waals surface area contributed by atoms with Gasteiger partial charge in [-0.2, -0.15) is 0 Å². The Labute approximate surface area is 237 Å². The van der Waals surface area contributed by atoms with Crippen LogP contribution in [0.2, 0.25) is 0 Å². The molecule has 0 saturated carbocycles. The van der Waals surface area contributed by atoms with Gasteiger partial charge in [-0.15, -0.1) is 0 Å². The van der Waals surface area contributed by atoms with Crippen LogP contribution in [-0.2, 0) is 4.79 Å². The lowest BCUT2D eigenvalue weighted by Crippen LogP contribution is -2.45. The molecule has 2 unspecified atom stereocenters. The third kappa shape index (κ3) is 26.7. The zero-order valence-corrected chi connectivity index (χ0v) is 25.7. The van der Waals surface area contributed by atoms with Crippen LogP contribution in [0, 0.1) is 0 Å². The number of hydrogen-bond acceptors (Lipinski definition) is 3. The minimum atomic E-state index is -0.654. The van der Waals surface area contributed by atoms with E-state index in [1.165, 1.54) is 128 Å². The Hall–Kier alpha value is -0.870. The second-order valence-corrected chi connectivity index (χ2v) is 11.6. The predicted octanol–water partition coefficient (Wildman–Crippen LogP) is 9.56. The molecule has 0 bridgehead atoms. The van der Waals surface area contributed by atoms with Crippen LogP contribution < -0.4 is 5.32 Å². The number of hydrogen-bond donors (Lipinski definition) is 3. The molecule has 3 N–H and O–H groups in total. The summed E-state index contributed by atoms with van der Waals surface area (Å²) in [6.45, 7) is 4.32. The fourth-order valence-electron chi connectivity index (χ4n) is 5.12. The molecule has 226 valence electrons. The van der Waals surface area contributed by atoms with Gasteiger partial charge < -0.3 is 15.5 Å². The topological polar surface area (TPSA) is 69.6 Å². The summed E-state index contributed by atoms with van der Waals surface area (Å²) in [5.74, 6) is -0.0384. The minimum absolute atomic E-state index is 0.0384. The first-order valence-corrected chi connectivity index (χ1v) is 16.9. The van der Waals surface area contributed by atoms with Crippen molar-refractivity contribution in [1.29, 1.82) is 0 Å². The second-order valence-electron chi connectivity index (χ2n) is 11.6. The van der Waals surface area contributed by atoms with Crippen molar-refractivity contribution in [2.75, 3.05) is 6.61 Å². The Balaban J connectivity index is 3.58. The van der Waals surface area contributed by atoms with Crippen LogP contribution in [0.15, 0.2) is 12.2 Å². The van der Waals surface area contributed by atoms with Gasteiger partial charge in [0.25, 0.3) is 0 Å². The van der Waals surface area contributed by atoms with Gasteiger partial charge in [-0.3, -0.25) is 4.79 Å². The third-order valence-corrected chi connectivity index (χ3v) is 7.78. The molecule has 0 spiro atoms. The van der Waals surface area contributed by atoms with Crippen LogP contribution in [0.1, 0.15) is 181 Å². The SMILES string of the molecule is CCCCCC/C=C\CCCCCCCCCC(=O)NC(CO)C(O)CCCCCCCCCCCCC. The molecule has 0 aromatic rings. The molecule has 0 aromatic heterocycles. The van der Waals surface area contributed by atoms with E-state index in [-0.39, 0.29) is 12.5 Å². The lowest BCUT2D eigenvalue weighted by atomic mass is 10.0. The summed E-state index contributed by atoms with van der Waals surface area (Å²) >= 11 is 0. The molecule has 0 radical (unpaired) electrons. The molecule has 0 rings (SSSR count). The average Bonchev–Trinajstić information content (AvgIpc) is 2.92. The highest BCUT2D eigenvalue weighted by Gasteiger charge is 2.19. The Morgan fingerprint density at radius 1 is 0.605 bits per heavy atom. The molecule has 0 saturated heterocycles. The Morgan fingerprint density at radius 2 is 1.00 bits per heavy atom. The van der Waals surface area contributed by atoms with Gasteiger partial charge in [0, 0.05) is 6.42 Å². The highest BCUT2D eigenvalue weighted by molar-refractivity contribution is 5.76. The average molecular weight is 538 g/mol. The maximum atomic E-state index is 12.3. The number of carbonyl (C=O) groups excluding carboxylic acids is 1. The number of rotatable bonds is 30. The van der Waals surface area contributed by atoms with Gasteiger partial charge in [-0.05, 0) is 38.5 Å². The summed E-state index contributed by atoms with van der Waals surface area (Å²) in [5.41, 5.74) is 0. The van der Waals surface area contributed by atoms with Crippen LogP contribution in [0.4, 0.5) is 0 Å². The molecule has 2 atom stereocenters. The third-order valence-electron chi connectivity index (χ3n) is 7.78. The maximum absolute atomic E-state index is 12.3. The normalized spacial score (nSPS) is 13.3. The number of amides is 1. The van der Waals surface area contributed by atoms with E-state index in [4.69, 9.17) is 0 Å². The van der Waals surface area contributed by atoms with Gasteiger partial charge >= 0.3 is 0 Å². The Kier molecular flexibility index (Phi) is 30.0. The van der Waals surface area contributed by atoms with Crippen molar-refractivity contribution in [3.8, 4) is 0 Å². The van der Waals surface area contributed by atoms with Crippen molar-refractivity contribution >= 4 is 5.91 Å². The van der Waals surface area contributed by atoms with Gasteiger partial charge in [0.1, 0.15) is 0 Å². The summed E-state index contributed by atoms with van der Waals surface area (Å²) < 4.78 is 0. The first kappa shape index (κ1) is 37.1. The number of aliphatic hydroxyl groups is 2. The molecule has 1 amide bonds. The van der Waals surface area contributed by atoms with Crippen molar-refractivity contribution in [2.45, 2.75) is 193 Å². The van der Waals surface area contributed by atoms with Crippen LogP contribution in [0.5, 0.6) is 0 Å². The van der Waals surface area contributed by atoms with E-state index >= 15 is 0 Å². The predicted molar refractivity (Wildman–Crippen MR) is 166 cm³/mol. The Bertz CT molecular complexity index is 508. The molecule has 0 aromatic carbocycles. The number of aliphatic hydroxyl groups excluding tert-OH is 2. The fraction of sp³-hybridized carbons (Fsp3) is 0.912. The van der Waals surface area contributed by atoms with Crippen molar-refractivity contribution in [3.05, 3.63) is 12.2 Å². The van der Waals surface area contributed by atoms with Crippen LogP contribution in [0.25, 0.3) is 0 Å². The first-order valence-electron chi connectivity index (χ1n) is 16.9. The molecule has 0 heterocycles. The van der Waals surface area contributed by atoms with Gasteiger partial charge in [-0.1, -0.05) is 148 Å². The molecular weight excluding hydrogens is 470 g/mol. The van der Waals surface area contributed by atoms with Gasteiger partial charge in [0.15, 0.2) is 0 Å². The first-order chi connectivity index (χ1) is 18.7. The van der Waals surface area contributed by atoms with Gasteiger partial charge in [0.05, 0.1) is 18.8 Å². The molecular formula is C34H67NO3. The molecule has 0 fully saturated rings. The summed E-state index contributed by atoms with van der Waals surface area (Å²) in [5, 5.41) is 22.9. The van der Waals surface area contributed by atoms with Gasteiger partial charge in [-0.25, -0.2) is 0 Å².